The van der Waals surface area contributed by atoms with Gasteiger partial charge in [-0.3, -0.25) is 4.79 Å². The summed E-state index contributed by atoms with van der Waals surface area (Å²) in [6.07, 6.45) is 1.11. The molecule has 7 nitrogen and oxygen atoms in total. The van der Waals surface area contributed by atoms with Gasteiger partial charge in [0.2, 0.25) is 5.91 Å². The first-order valence-corrected chi connectivity index (χ1v) is 9.23. The second-order valence-electron chi connectivity index (χ2n) is 7.18. The number of carbonyl (C=O) groups excluding carboxylic acids is 2. The largest absolute Gasteiger partial charge is 0.496 e. The minimum atomic E-state index is -0.660. The van der Waals surface area contributed by atoms with Gasteiger partial charge >= 0.3 is 11.6 Å². The molecule has 28 heavy (non-hydrogen) atoms. The summed E-state index contributed by atoms with van der Waals surface area (Å²) in [6, 6.07) is 4.30. The van der Waals surface area contributed by atoms with Crippen molar-refractivity contribution in [2.24, 2.45) is 5.92 Å². The van der Waals surface area contributed by atoms with E-state index in [4.69, 9.17) is 13.9 Å². The third-order valence-corrected chi connectivity index (χ3v) is 4.50. The monoisotopic (exact) mass is 389 g/mol. The van der Waals surface area contributed by atoms with Crippen LogP contribution in [0.25, 0.3) is 11.0 Å². The quantitative estimate of drug-likeness (QED) is 0.551. The molecule has 0 bridgehead atoms. The maximum atomic E-state index is 12.4. The van der Waals surface area contributed by atoms with Crippen LogP contribution in [0, 0.1) is 12.8 Å². The molecule has 1 heterocycles. The highest BCUT2D eigenvalue weighted by Gasteiger charge is 2.22. The van der Waals surface area contributed by atoms with Crippen molar-refractivity contribution < 1.29 is 23.5 Å². The van der Waals surface area contributed by atoms with Crippen molar-refractivity contribution in [3.63, 3.8) is 0 Å². The molecule has 2 aromatic rings. The molecule has 152 valence electrons. The van der Waals surface area contributed by atoms with Crippen molar-refractivity contribution in [3.05, 3.63) is 39.7 Å². The summed E-state index contributed by atoms with van der Waals surface area (Å²) in [6.45, 7) is 5.78. The number of fused-ring (bicyclic) bond motifs is 1. The third kappa shape index (κ3) is 5.34. The fourth-order valence-corrected chi connectivity index (χ4v) is 3.12. The Morgan fingerprint density at radius 1 is 1.18 bits per heavy atom. The van der Waals surface area contributed by atoms with Gasteiger partial charge in [0.25, 0.3) is 0 Å². The summed E-state index contributed by atoms with van der Waals surface area (Å²) in [4.78, 5) is 35.8. The zero-order valence-electron chi connectivity index (χ0n) is 17.0. The highest BCUT2D eigenvalue weighted by molar-refractivity contribution is 5.85. The van der Waals surface area contributed by atoms with Crippen LogP contribution in [-0.4, -0.2) is 32.1 Å². The van der Waals surface area contributed by atoms with Gasteiger partial charge < -0.3 is 19.2 Å². The van der Waals surface area contributed by atoms with Crippen LogP contribution < -0.4 is 15.7 Å². The van der Waals surface area contributed by atoms with E-state index in [9.17, 15) is 14.4 Å². The number of esters is 1. The van der Waals surface area contributed by atoms with E-state index in [0.717, 1.165) is 16.5 Å². The zero-order chi connectivity index (χ0) is 20.8. The summed E-state index contributed by atoms with van der Waals surface area (Å²) >= 11 is 0. The lowest BCUT2D eigenvalue weighted by Crippen LogP contribution is -2.42. The van der Waals surface area contributed by atoms with E-state index in [2.05, 4.69) is 5.32 Å². The van der Waals surface area contributed by atoms with Crippen LogP contribution in [0.5, 0.6) is 5.75 Å². The molecule has 1 amide bonds. The highest BCUT2D eigenvalue weighted by Crippen LogP contribution is 2.28. The average molecular weight is 389 g/mol. The minimum Gasteiger partial charge on any atom is -0.496 e. The van der Waals surface area contributed by atoms with Crippen molar-refractivity contribution in [1.82, 2.24) is 5.32 Å². The summed E-state index contributed by atoms with van der Waals surface area (Å²) in [5.74, 6) is 0.0915. The molecular formula is C21H27NO6. The Morgan fingerprint density at radius 3 is 2.50 bits per heavy atom. The molecular weight excluding hydrogens is 362 g/mol. The molecule has 0 radical (unpaired) electrons. The average Bonchev–Trinajstić information content (AvgIpc) is 2.64. The van der Waals surface area contributed by atoms with Crippen molar-refractivity contribution >= 4 is 22.8 Å². The lowest BCUT2D eigenvalue weighted by molar-refractivity contribution is -0.145. The van der Waals surface area contributed by atoms with Gasteiger partial charge in [-0.1, -0.05) is 13.8 Å². The summed E-state index contributed by atoms with van der Waals surface area (Å²) in [5, 5.41) is 3.54. The van der Waals surface area contributed by atoms with E-state index >= 15 is 0 Å². The number of hydrogen-bond donors (Lipinski definition) is 1. The first-order chi connectivity index (χ1) is 13.2. The van der Waals surface area contributed by atoms with Gasteiger partial charge in [-0.25, -0.2) is 9.59 Å². The van der Waals surface area contributed by atoms with E-state index in [-0.39, 0.29) is 18.2 Å². The molecule has 1 N–H and O–H groups in total. The molecule has 2 rings (SSSR count). The molecule has 1 aromatic carbocycles. The van der Waals surface area contributed by atoms with E-state index in [1.165, 1.54) is 20.3 Å². The van der Waals surface area contributed by atoms with Crippen LogP contribution in [0.15, 0.2) is 27.4 Å². The maximum Gasteiger partial charge on any atom is 0.336 e. The zero-order valence-corrected chi connectivity index (χ0v) is 17.0. The first kappa shape index (κ1) is 21.5. The van der Waals surface area contributed by atoms with Crippen molar-refractivity contribution in [1.29, 1.82) is 0 Å². The number of rotatable bonds is 8. The minimum absolute atomic E-state index is 0.184. The van der Waals surface area contributed by atoms with Crippen LogP contribution in [0.2, 0.25) is 0 Å². The molecule has 0 fully saturated rings. The van der Waals surface area contributed by atoms with Crippen LogP contribution in [0.3, 0.4) is 0 Å². The van der Waals surface area contributed by atoms with Gasteiger partial charge in [0.15, 0.2) is 0 Å². The topological polar surface area (TPSA) is 94.8 Å². The fourth-order valence-electron chi connectivity index (χ4n) is 3.12. The molecule has 7 heteroatoms. The van der Waals surface area contributed by atoms with E-state index in [0.29, 0.717) is 24.2 Å². The molecule has 0 aliphatic rings. The highest BCUT2D eigenvalue weighted by atomic mass is 16.5. The predicted molar refractivity (Wildman–Crippen MR) is 105 cm³/mol. The molecule has 1 atom stereocenters. The van der Waals surface area contributed by atoms with Crippen molar-refractivity contribution in [2.75, 3.05) is 14.2 Å². The number of benzene rings is 1. The number of carbonyl (C=O) groups is 2. The van der Waals surface area contributed by atoms with Gasteiger partial charge in [0.1, 0.15) is 17.4 Å². The van der Waals surface area contributed by atoms with Crippen LogP contribution in [0.1, 0.15) is 37.8 Å². The molecule has 0 aliphatic carbocycles. The Balaban J connectivity index is 2.16. The summed E-state index contributed by atoms with van der Waals surface area (Å²) < 4.78 is 15.4. The fraction of sp³-hybridized carbons (Fsp3) is 0.476. The molecule has 0 saturated carbocycles. The smallest absolute Gasteiger partial charge is 0.336 e. The van der Waals surface area contributed by atoms with Gasteiger partial charge in [0.05, 0.1) is 14.2 Å². The van der Waals surface area contributed by atoms with E-state index in [1.54, 1.807) is 6.07 Å². The third-order valence-electron chi connectivity index (χ3n) is 4.50. The number of ether oxygens (including phenoxy) is 2. The standard InChI is InChI=1S/C21H27NO6/c1-12(2)8-16(21(25)27-5)22-19(23)7-6-14-10-15-13(3)9-20(24)28-18(15)11-17(14)26-4/h9-12,16H,6-8H2,1-5H3,(H,22,23)/t16-/m0/s1. The van der Waals surface area contributed by atoms with Crippen LogP contribution in [-0.2, 0) is 20.7 Å². The Labute approximate surface area is 164 Å². The molecule has 1 aromatic heterocycles. The van der Waals surface area contributed by atoms with Crippen LogP contribution in [0.4, 0.5) is 0 Å². The maximum absolute atomic E-state index is 12.4. The van der Waals surface area contributed by atoms with Gasteiger partial charge in [-0.2, -0.15) is 0 Å². The van der Waals surface area contributed by atoms with Crippen molar-refractivity contribution in [2.45, 2.75) is 46.1 Å². The Bertz CT molecular complexity index is 915. The number of methoxy groups -OCH3 is 2. The number of hydrogen-bond acceptors (Lipinski definition) is 6. The Hall–Kier alpha value is -2.83. The number of aryl methyl sites for hydroxylation is 2. The lowest BCUT2D eigenvalue weighted by atomic mass is 10.0. The van der Waals surface area contributed by atoms with Gasteiger partial charge in [0, 0.05) is 23.9 Å². The molecule has 0 unspecified atom stereocenters. The predicted octanol–water partition coefficient (Wildman–Crippen LogP) is 2.75. The second kappa shape index (κ2) is 9.39. The normalized spacial score (nSPS) is 12.1. The number of amides is 1. The molecule has 0 spiro atoms. The SMILES string of the molecule is COC(=O)[C@H](CC(C)C)NC(=O)CCc1cc2c(C)cc(=O)oc2cc1OC. The number of nitrogens with one attached hydrogen (secondary N) is 1. The summed E-state index contributed by atoms with van der Waals surface area (Å²) in [7, 11) is 2.83. The Morgan fingerprint density at radius 2 is 1.89 bits per heavy atom. The van der Waals surface area contributed by atoms with Gasteiger partial charge in [-0.15, -0.1) is 0 Å². The first-order valence-electron chi connectivity index (χ1n) is 9.23. The molecule has 0 saturated heterocycles. The van der Waals surface area contributed by atoms with Gasteiger partial charge in [-0.05, 0) is 42.9 Å². The Kier molecular flexibility index (Phi) is 7.20. The van der Waals surface area contributed by atoms with Crippen LogP contribution >= 0.6 is 0 Å². The lowest BCUT2D eigenvalue weighted by Gasteiger charge is -2.18. The second-order valence-corrected chi connectivity index (χ2v) is 7.18. The van der Waals surface area contributed by atoms with E-state index < -0.39 is 17.6 Å². The van der Waals surface area contributed by atoms with E-state index in [1.807, 2.05) is 26.8 Å². The molecule has 0 aliphatic heterocycles. The summed E-state index contributed by atoms with van der Waals surface area (Å²) in [5.41, 5.74) is 1.64. The van der Waals surface area contributed by atoms with Crippen molar-refractivity contribution in [3.8, 4) is 5.75 Å².